The van der Waals surface area contributed by atoms with Gasteiger partial charge in [-0.1, -0.05) is 275 Å². The number of fused-ring (bicyclic) bond motifs is 9. The van der Waals surface area contributed by atoms with E-state index in [9.17, 15) is 10.0 Å². The van der Waals surface area contributed by atoms with E-state index in [1.165, 1.54) is 0 Å². The van der Waals surface area contributed by atoms with Crippen LogP contribution in [0.25, 0.3) is 156 Å². The van der Waals surface area contributed by atoms with Crippen molar-refractivity contribution in [1.82, 2.24) is 29.9 Å². The Hall–Kier alpha value is -11.0. The molecule has 0 amide bonds. The summed E-state index contributed by atoms with van der Waals surface area (Å²) in [7, 11) is -1.51. The van der Waals surface area contributed by atoms with Crippen LogP contribution in [0.2, 0.25) is 0 Å². The molecule has 0 spiro atoms. The van der Waals surface area contributed by atoms with Crippen LogP contribution in [0.3, 0.4) is 0 Å². The molecule has 14 heteroatoms. The Kier molecular flexibility index (Phi) is 15.7. The Labute approximate surface area is 544 Å². The predicted octanol–water partition coefficient (Wildman–Crippen LogP) is 19.7. The molecule has 92 heavy (non-hydrogen) atoms. The topological polar surface area (TPSA) is 157 Å². The lowest BCUT2D eigenvalue weighted by atomic mass is 9.79. The Balaban J connectivity index is 0.000000138. The molecule has 0 atom stereocenters. The van der Waals surface area contributed by atoms with Crippen molar-refractivity contribution in [3.8, 4) is 90.6 Å². The molecule has 0 bridgehead atoms. The summed E-state index contributed by atoms with van der Waals surface area (Å²) in [6, 6.07) is 94.6. The van der Waals surface area contributed by atoms with Gasteiger partial charge in [0, 0.05) is 91.2 Å². The van der Waals surface area contributed by atoms with Crippen molar-refractivity contribution in [2.45, 2.75) is 0 Å². The van der Waals surface area contributed by atoms with Gasteiger partial charge in [0.25, 0.3) is 0 Å². The quantitative estimate of drug-likeness (QED) is 0.133. The van der Waals surface area contributed by atoms with Crippen molar-refractivity contribution < 1.29 is 23.3 Å². The fourth-order valence-electron chi connectivity index (χ4n) is 11.4. The molecule has 0 aliphatic carbocycles. The lowest BCUT2D eigenvalue weighted by Crippen LogP contribution is -2.29. The van der Waals surface area contributed by atoms with Crippen molar-refractivity contribution >= 4 is 110 Å². The highest BCUT2D eigenvalue weighted by molar-refractivity contribution is 9.10. The molecule has 438 valence electrons. The zero-order valence-electron chi connectivity index (χ0n) is 48.8. The molecule has 17 rings (SSSR count). The van der Waals surface area contributed by atoms with Gasteiger partial charge >= 0.3 is 7.12 Å². The molecule has 0 radical (unpaired) electrons. The zero-order valence-corrected chi connectivity index (χ0v) is 51.9. The number of halogens is 2. The smallest absolute Gasteiger partial charge is 0.456 e. The van der Waals surface area contributed by atoms with Crippen molar-refractivity contribution in [2.75, 3.05) is 0 Å². The SMILES string of the molecule is Brc1ccc(-c2nc(-c3ccccc3)nc(-c3ccc(Br)cc3)n2)cc1.OB(O)c1cccc2c1oc1ccccc12.c1ccc(-c2nc(-c3ccc(-c4cccc5c4oc4ccccc45)cc3)nc(-c3ccc(-c4cccc5c4oc4ccccc45)cc3)n2)cc1. The van der Waals surface area contributed by atoms with Gasteiger partial charge in [-0.15, -0.1) is 0 Å². The maximum atomic E-state index is 9.24. The van der Waals surface area contributed by atoms with Crippen LogP contribution in [0.4, 0.5) is 0 Å². The third-order valence-corrected chi connectivity index (χ3v) is 17.0. The fourth-order valence-corrected chi connectivity index (χ4v) is 11.9. The molecule has 0 saturated heterocycles. The van der Waals surface area contributed by atoms with Crippen molar-refractivity contribution in [2.24, 2.45) is 0 Å². The number of benzene rings is 12. The molecule has 11 nitrogen and oxygen atoms in total. The Bertz CT molecular complexity index is 5280. The van der Waals surface area contributed by atoms with E-state index in [1.807, 2.05) is 176 Å². The maximum Gasteiger partial charge on any atom is 0.492 e. The van der Waals surface area contributed by atoms with Gasteiger partial charge in [0.15, 0.2) is 34.9 Å². The summed E-state index contributed by atoms with van der Waals surface area (Å²) >= 11 is 6.94. The lowest BCUT2D eigenvalue weighted by molar-refractivity contribution is 0.425. The summed E-state index contributed by atoms with van der Waals surface area (Å²) in [5.74, 6) is 3.82. The third-order valence-electron chi connectivity index (χ3n) is 16.0. The van der Waals surface area contributed by atoms with E-state index < -0.39 is 7.12 Å². The van der Waals surface area contributed by atoms with Gasteiger partial charge in [-0.25, -0.2) is 29.9 Å². The highest BCUT2D eigenvalue weighted by atomic mass is 79.9. The van der Waals surface area contributed by atoms with E-state index in [0.29, 0.717) is 46.0 Å². The summed E-state index contributed by atoms with van der Waals surface area (Å²) in [4.78, 5) is 29.0. The van der Waals surface area contributed by atoms with Gasteiger partial charge in [-0.3, -0.25) is 0 Å². The van der Waals surface area contributed by atoms with Crippen LogP contribution < -0.4 is 5.46 Å². The Morgan fingerprint density at radius 3 is 0.848 bits per heavy atom. The number of nitrogens with zero attached hydrogens (tertiary/aromatic N) is 6. The highest BCUT2D eigenvalue weighted by Crippen LogP contribution is 2.39. The maximum absolute atomic E-state index is 9.24. The monoisotopic (exact) mass is 1320 g/mol. The molecule has 0 unspecified atom stereocenters. The van der Waals surface area contributed by atoms with E-state index >= 15 is 0 Å². The van der Waals surface area contributed by atoms with Gasteiger partial charge in [0.05, 0.1) is 0 Å². The minimum Gasteiger partial charge on any atom is -0.456 e. The molecule has 0 aliphatic rings. The van der Waals surface area contributed by atoms with E-state index in [1.54, 1.807) is 12.1 Å². The molecule has 2 N–H and O–H groups in total. The Morgan fingerprint density at radius 2 is 0.500 bits per heavy atom. The standard InChI is InChI=1S/C45H27N3O2.C21H13Br2N3.C12H9BO3/c1-2-10-30(11-3-1)43-46-44(31-24-20-28(21-25-31)33-14-8-16-37-35-12-4-6-18-39(35)49-41(33)37)48-45(47-43)32-26-22-29(23-27-32)34-15-9-17-38-36-13-5-7-19-40(36)50-42(34)38;22-17-10-6-15(7-11-17)20-24-19(14-4-2-1-3-5-14)25-21(26-20)16-8-12-18(23)13-9-16;14-13(15)10-6-3-5-9-8-4-1-2-7-11(8)16-12(9)10/h1-27H;1-13H;1-7,14-15H. The zero-order chi connectivity index (χ0) is 62.1. The molecule has 0 fully saturated rings. The van der Waals surface area contributed by atoms with E-state index in [2.05, 4.69) is 129 Å². The van der Waals surface area contributed by atoms with E-state index in [4.69, 9.17) is 43.2 Å². The van der Waals surface area contributed by atoms with Crippen molar-refractivity contribution in [3.63, 3.8) is 0 Å². The molecule has 5 heterocycles. The Morgan fingerprint density at radius 1 is 0.239 bits per heavy atom. The van der Waals surface area contributed by atoms with Gasteiger partial charge in [0.2, 0.25) is 0 Å². The first-order chi connectivity index (χ1) is 45.2. The summed E-state index contributed by atoms with van der Waals surface area (Å²) < 4.78 is 20.3. The van der Waals surface area contributed by atoms with Crippen molar-refractivity contribution in [3.05, 3.63) is 294 Å². The lowest BCUT2D eigenvalue weighted by Gasteiger charge is -2.10. The number of aromatic nitrogens is 6. The van der Waals surface area contributed by atoms with Gasteiger partial charge in [-0.05, 0) is 53.6 Å². The normalized spacial score (nSPS) is 11.3. The number of furan rings is 3. The van der Waals surface area contributed by atoms with Crippen LogP contribution in [-0.2, 0) is 0 Å². The van der Waals surface area contributed by atoms with Crippen LogP contribution >= 0.6 is 31.9 Å². The predicted molar refractivity (Wildman–Crippen MR) is 377 cm³/mol. The van der Waals surface area contributed by atoms with Crippen LogP contribution in [0.1, 0.15) is 0 Å². The molecule has 17 aromatic rings. The minimum absolute atomic E-state index is 0.397. The van der Waals surface area contributed by atoms with Crippen LogP contribution in [0.5, 0.6) is 0 Å². The largest absolute Gasteiger partial charge is 0.492 e. The minimum atomic E-state index is -1.51. The molecule has 0 aliphatic heterocycles. The molecular formula is C78H49BBr2N6O5. The second-order valence-corrected chi connectivity index (χ2v) is 23.6. The number of rotatable bonds is 9. The molecule has 0 saturated carbocycles. The first-order valence-corrected chi connectivity index (χ1v) is 31.2. The first-order valence-electron chi connectivity index (χ1n) is 29.7. The van der Waals surface area contributed by atoms with Gasteiger partial charge in [0.1, 0.15) is 33.5 Å². The van der Waals surface area contributed by atoms with Gasteiger partial charge in [-0.2, -0.15) is 0 Å². The van der Waals surface area contributed by atoms with Crippen molar-refractivity contribution in [1.29, 1.82) is 0 Å². The van der Waals surface area contributed by atoms with E-state index in [-0.39, 0.29) is 0 Å². The second kappa shape index (κ2) is 25.1. The summed E-state index contributed by atoms with van der Waals surface area (Å²) in [5.41, 5.74) is 15.0. The second-order valence-electron chi connectivity index (χ2n) is 21.8. The van der Waals surface area contributed by atoms with Crippen LogP contribution in [-0.4, -0.2) is 47.1 Å². The van der Waals surface area contributed by atoms with Gasteiger partial charge < -0.3 is 23.3 Å². The van der Waals surface area contributed by atoms with Crippen LogP contribution in [0, 0.1) is 0 Å². The number of para-hydroxylation sites is 6. The summed E-state index contributed by atoms with van der Waals surface area (Å²) in [6.07, 6.45) is 0. The molecule has 5 aromatic heterocycles. The summed E-state index contributed by atoms with van der Waals surface area (Å²) in [5, 5.41) is 24.8. The fraction of sp³-hybridized carbons (Fsp3) is 0. The summed E-state index contributed by atoms with van der Waals surface area (Å²) in [6.45, 7) is 0. The van der Waals surface area contributed by atoms with Crippen LogP contribution in [0.15, 0.2) is 307 Å². The third kappa shape index (κ3) is 11.6. The molecular weight excluding hydrogens is 1270 g/mol. The number of hydrogen-bond acceptors (Lipinski definition) is 11. The highest BCUT2D eigenvalue weighted by Gasteiger charge is 2.20. The van der Waals surface area contributed by atoms with E-state index in [0.717, 1.165) is 125 Å². The average Bonchev–Trinajstić information content (AvgIpc) is 1.56. The molecule has 12 aromatic carbocycles. The number of hydrogen-bond donors (Lipinski definition) is 2. The average molecular weight is 1320 g/mol. The first kappa shape index (κ1) is 57.4.